The lowest BCUT2D eigenvalue weighted by atomic mass is 10.0. The fraction of sp³-hybridized carbons (Fsp3) is 0.500. The van der Waals surface area contributed by atoms with Gasteiger partial charge in [-0.05, 0) is 49.6 Å². The predicted molar refractivity (Wildman–Crippen MR) is 89.0 cm³/mol. The topological polar surface area (TPSA) is 87.7 Å². The van der Waals surface area contributed by atoms with Gasteiger partial charge in [-0.2, -0.15) is 0 Å². The second kappa shape index (κ2) is 6.48. The number of nitrogens with one attached hydrogen (secondary N) is 2. The van der Waals surface area contributed by atoms with E-state index in [0.717, 1.165) is 24.3 Å². The minimum Gasteiger partial charge on any atom is -0.492 e. The molecule has 7 heteroatoms. The molecule has 0 aromatic heterocycles. The van der Waals surface area contributed by atoms with Gasteiger partial charge >= 0.3 is 0 Å². The second-order valence-electron chi connectivity index (χ2n) is 6.82. The lowest BCUT2D eigenvalue weighted by Crippen LogP contribution is -2.52. The first-order chi connectivity index (χ1) is 12.1. The summed E-state index contributed by atoms with van der Waals surface area (Å²) in [7, 11) is 0. The van der Waals surface area contributed by atoms with Gasteiger partial charge in [-0.1, -0.05) is 0 Å². The molecule has 132 valence electrons. The monoisotopic (exact) mass is 343 g/mol. The maximum absolute atomic E-state index is 12.6. The number of amides is 3. The van der Waals surface area contributed by atoms with Crippen molar-refractivity contribution in [3.8, 4) is 5.75 Å². The first-order valence-electron chi connectivity index (χ1n) is 8.75. The molecule has 7 nitrogen and oxygen atoms in total. The van der Waals surface area contributed by atoms with Gasteiger partial charge in [0.15, 0.2) is 0 Å². The van der Waals surface area contributed by atoms with Gasteiger partial charge in [-0.3, -0.25) is 19.7 Å². The summed E-state index contributed by atoms with van der Waals surface area (Å²) >= 11 is 0. The quantitative estimate of drug-likeness (QED) is 0.781. The van der Waals surface area contributed by atoms with Crippen molar-refractivity contribution in [3.05, 3.63) is 29.3 Å². The lowest BCUT2D eigenvalue weighted by molar-refractivity contribution is -0.136. The Labute approximate surface area is 145 Å². The lowest BCUT2D eigenvalue weighted by Gasteiger charge is -2.29. The predicted octanol–water partition coefficient (Wildman–Crippen LogP) is 0.578. The second-order valence-corrected chi connectivity index (χ2v) is 6.82. The van der Waals surface area contributed by atoms with Crippen LogP contribution in [0.4, 0.5) is 0 Å². The number of rotatable bonds is 4. The van der Waals surface area contributed by atoms with Crippen molar-refractivity contribution in [3.63, 3.8) is 0 Å². The SMILES string of the molecule is O=C1CCC(N2Cc3cc(OC[C@@H]4CCCN4)ccc3C2=O)C(=O)N1. The Balaban J connectivity index is 1.45. The molecule has 3 aliphatic heterocycles. The van der Waals surface area contributed by atoms with Crippen LogP contribution in [0.1, 0.15) is 41.6 Å². The summed E-state index contributed by atoms with van der Waals surface area (Å²) in [5, 5.41) is 5.70. The smallest absolute Gasteiger partial charge is 0.255 e. The highest BCUT2D eigenvalue weighted by atomic mass is 16.5. The molecule has 0 radical (unpaired) electrons. The number of carbonyl (C=O) groups excluding carboxylic acids is 3. The number of fused-ring (bicyclic) bond motifs is 1. The molecule has 2 saturated heterocycles. The van der Waals surface area contributed by atoms with E-state index in [9.17, 15) is 14.4 Å². The summed E-state index contributed by atoms with van der Waals surface area (Å²) < 4.78 is 5.85. The van der Waals surface area contributed by atoms with Crippen molar-refractivity contribution >= 4 is 17.7 Å². The van der Waals surface area contributed by atoms with Crippen LogP contribution in [0, 0.1) is 0 Å². The molecule has 1 aromatic rings. The molecule has 0 saturated carbocycles. The Morgan fingerprint density at radius 3 is 2.84 bits per heavy atom. The largest absolute Gasteiger partial charge is 0.492 e. The van der Waals surface area contributed by atoms with Gasteiger partial charge in [0.05, 0.1) is 0 Å². The summed E-state index contributed by atoms with van der Waals surface area (Å²) in [6.07, 6.45) is 2.93. The molecule has 2 N–H and O–H groups in total. The van der Waals surface area contributed by atoms with E-state index in [1.165, 1.54) is 6.42 Å². The Morgan fingerprint density at radius 2 is 2.08 bits per heavy atom. The number of benzene rings is 1. The molecule has 4 rings (SSSR count). The molecular weight excluding hydrogens is 322 g/mol. The summed E-state index contributed by atoms with van der Waals surface area (Å²) in [5.41, 5.74) is 1.47. The van der Waals surface area contributed by atoms with Crippen molar-refractivity contribution < 1.29 is 19.1 Å². The minimum atomic E-state index is -0.579. The number of hydrogen-bond donors (Lipinski definition) is 2. The number of hydrogen-bond acceptors (Lipinski definition) is 5. The van der Waals surface area contributed by atoms with Crippen molar-refractivity contribution in [2.75, 3.05) is 13.2 Å². The van der Waals surface area contributed by atoms with Gasteiger partial charge < -0.3 is 15.0 Å². The summed E-state index contributed by atoms with van der Waals surface area (Å²) in [5.74, 6) is -0.0818. The van der Waals surface area contributed by atoms with Crippen molar-refractivity contribution in [1.82, 2.24) is 15.5 Å². The zero-order valence-corrected chi connectivity index (χ0v) is 13.9. The molecule has 2 atom stereocenters. The molecule has 0 spiro atoms. The van der Waals surface area contributed by atoms with E-state index in [1.54, 1.807) is 17.0 Å². The maximum atomic E-state index is 12.6. The zero-order chi connectivity index (χ0) is 17.4. The molecule has 25 heavy (non-hydrogen) atoms. The first kappa shape index (κ1) is 16.1. The van der Waals surface area contributed by atoms with Crippen molar-refractivity contribution in [2.24, 2.45) is 0 Å². The van der Waals surface area contributed by atoms with E-state index in [0.29, 0.717) is 31.2 Å². The van der Waals surface area contributed by atoms with Gasteiger partial charge in [0.1, 0.15) is 18.4 Å². The fourth-order valence-electron chi connectivity index (χ4n) is 3.74. The Hall–Kier alpha value is -2.41. The number of piperidine rings is 1. The Morgan fingerprint density at radius 1 is 1.20 bits per heavy atom. The summed E-state index contributed by atoms with van der Waals surface area (Å²) in [4.78, 5) is 37.5. The van der Waals surface area contributed by atoms with Crippen LogP contribution < -0.4 is 15.4 Å². The van der Waals surface area contributed by atoms with Crippen LogP contribution in [0.3, 0.4) is 0 Å². The summed E-state index contributed by atoms with van der Waals surface area (Å²) in [6, 6.07) is 5.26. The maximum Gasteiger partial charge on any atom is 0.255 e. The van der Waals surface area contributed by atoms with E-state index in [1.807, 2.05) is 6.07 Å². The number of imide groups is 1. The normalized spacial score (nSPS) is 25.9. The zero-order valence-electron chi connectivity index (χ0n) is 13.9. The number of ether oxygens (including phenoxy) is 1. The van der Waals surface area contributed by atoms with E-state index in [4.69, 9.17) is 4.74 Å². The molecule has 0 bridgehead atoms. The van der Waals surface area contributed by atoms with Gasteiger partial charge in [-0.25, -0.2) is 0 Å². The van der Waals surface area contributed by atoms with Gasteiger partial charge in [-0.15, -0.1) is 0 Å². The molecule has 1 aromatic carbocycles. The number of carbonyl (C=O) groups is 3. The van der Waals surface area contributed by atoms with E-state index in [-0.39, 0.29) is 24.1 Å². The van der Waals surface area contributed by atoms with Gasteiger partial charge in [0.2, 0.25) is 11.8 Å². The van der Waals surface area contributed by atoms with Gasteiger partial charge in [0, 0.05) is 24.6 Å². The first-order valence-corrected chi connectivity index (χ1v) is 8.75. The minimum absolute atomic E-state index is 0.159. The van der Waals surface area contributed by atoms with Crippen LogP contribution in [0.2, 0.25) is 0 Å². The standard InChI is InChI=1S/C18H21N3O4/c22-16-6-5-15(17(23)20-16)21-9-11-8-13(3-4-14(11)18(21)24)25-10-12-2-1-7-19-12/h3-4,8,12,15,19H,1-2,5-7,9-10H2,(H,20,22,23)/t12-,15?/m0/s1. The Kier molecular flexibility index (Phi) is 4.17. The highest BCUT2D eigenvalue weighted by Crippen LogP contribution is 2.30. The average Bonchev–Trinajstić information content (AvgIpc) is 3.21. The van der Waals surface area contributed by atoms with Gasteiger partial charge in [0.25, 0.3) is 5.91 Å². The molecule has 0 aliphatic carbocycles. The highest BCUT2D eigenvalue weighted by Gasteiger charge is 2.39. The van der Waals surface area contributed by atoms with Crippen LogP contribution in [0.5, 0.6) is 5.75 Å². The summed E-state index contributed by atoms with van der Waals surface area (Å²) in [6.45, 7) is 2.02. The molecule has 3 heterocycles. The molecule has 1 unspecified atom stereocenters. The molecular formula is C18H21N3O4. The average molecular weight is 343 g/mol. The van der Waals surface area contributed by atoms with Crippen molar-refractivity contribution in [2.45, 2.75) is 44.3 Å². The van der Waals surface area contributed by atoms with Crippen LogP contribution in [-0.2, 0) is 16.1 Å². The van der Waals surface area contributed by atoms with Crippen LogP contribution in [0.15, 0.2) is 18.2 Å². The van der Waals surface area contributed by atoms with Crippen molar-refractivity contribution in [1.29, 1.82) is 0 Å². The molecule has 3 amide bonds. The fourth-order valence-corrected chi connectivity index (χ4v) is 3.74. The molecule has 3 aliphatic rings. The highest BCUT2D eigenvalue weighted by molar-refractivity contribution is 6.05. The van der Waals surface area contributed by atoms with E-state index >= 15 is 0 Å². The van der Waals surface area contributed by atoms with E-state index < -0.39 is 6.04 Å². The third kappa shape index (κ3) is 3.11. The Bertz CT molecular complexity index is 727. The van der Waals surface area contributed by atoms with Crippen LogP contribution in [0.25, 0.3) is 0 Å². The van der Waals surface area contributed by atoms with Crippen LogP contribution >= 0.6 is 0 Å². The van der Waals surface area contributed by atoms with Crippen LogP contribution in [-0.4, -0.2) is 47.9 Å². The third-order valence-electron chi connectivity index (χ3n) is 5.11. The molecule has 2 fully saturated rings. The number of nitrogens with zero attached hydrogens (tertiary/aromatic N) is 1. The van der Waals surface area contributed by atoms with E-state index in [2.05, 4.69) is 10.6 Å². The third-order valence-corrected chi connectivity index (χ3v) is 5.11.